The predicted octanol–water partition coefficient (Wildman–Crippen LogP) is 2.04. The number of rotatable bonds is 3. The van der Waals surface area contributed by atoms with Crippen LogP contribution in [0.15, 0.2) is 18.2 Å². The van der Waals surface area contributed by atoms with E-state index in [-0.39, 0.29) is 22.7 Å². The third kappa shape index (κ3) is 2.25. The lowest BCUT2D eigenvalue weighted by Crippen LogP contribution is -2.56. The smallest absolute Gasteiger partial charge is 0.293 e. The third-order valence-corrected chi connectivity index (χ3v) is 3.87. The van der Waals surface area contributed by atoms with Gasteiger partial charge in [-0.05, 0) is 18.6 Å². The number of aliphatic hydroxyl groups is 1. The minimum Gasteiger partial charge on any atom is -0.392 e. The van der Waals surface area contributed by atoms with Crippen molar-refractivity contribution < 1.29 is 10.0 Å². The van der Waals surface area contributed by atoms with Gasteiger partial charge in [0.1, 0.15) is 5.69 Å². The zero-order valence-corrected chi connectivity index (χ0v) is 10.8. The van der Waals surface area contributed by atoms with Gasteiger partial charge in [0.25, 0.3) is 5.69 Å². The highest BCUT2D eigenvalue weighted by Gasteiger charge is 2.47. The van der Waals surface area contributed by atoms with Gasteiger partial charge in [0.2, 0.25) is 0 Å². The maximum atomic E-state index is 11.0. The van der Waals surface area contributed by atoms with Crippen LogP contribution in [0.4, 0.5) is 11.4 Å². The zero-order chi connectivity index (χ0) is 14.2. The minimum absolute atomic E-state index is 0.0193. The van der Waals surface area contributed by atoms with Crippen molar-refractivity contribution in [3.63, 3.8) is 0 Å². The molecule has 100 valence electrons. The highest BCUT2D eigenvalue weighted by Crippen LogP contribution is 2.43. The Bertz CT molecular complexity index is 563. The fourth-order valence-corrected chi connectivity index (χ4v) is 2.21. The summed E-state index contributed by atoms with van der Waals surface area (Å²) in [5, 5.41) is 32.5. The van der Waals surface area contributed by atoms with Crippen LogP contribution >= 0.6 is 0 Å². The molecule has 1 aromatic carbocycles. The van der Waals surface area contributed by atoms with Crippen LogP contribution in [0.1, 0.15) is 25.8 Å². The number of nitro groups is 1. The molecular weight excluding hydrogens is 246 g/mol. The monoisotopic (exact) mass is 261 g/mol. The first kappa shape index (κ1) is 13.3. The van der Waals surface area contributed by atoms with Gasteiger partial charge in [-0.2, -0.15) is 5.26 Å². The Balaban J connectivity index is 2.27. The van der Waals surface area contributed by atoms with Gasteiger partial charge in [-0.1, -0.05) is 13.8 Å². The van der Waals surface area contributed by atoms with Crippen molar-refractivity contribution in [2.24, 2.45) is 5.41 Å². The summed E-state index contributed by atoms with van der Waals surface area (Å²) in [6, 6.07) is 6.20. The van der Waals surface area contributed by atoms with Crippen molar-refractivity contribution in [1.29, 1.82) is 5.26 Å². The maximum Gasteiger partial charge on any atom is 0.293 e. The summed E-state index contributed by atoms with van der Waals surface area (Å²) in [5.41, 5.74) is 0.206. The molecule has 0 aliphatic heterocycles. The highest BCUT2D eigenvalue weighted by atomic mass is 16.6. The van der Waals surface area contributed by atoms with Crippen LogP contribution in [0.5, 0.6) is 0 Å². The summed E-state index contributed by atoms with van der Waals surface area (Å²) in [6.07, 6.45) is 0.159. The molecule has 1 saturated carbocycles. The molecule has 0 saturated heterocycles. The van der Waals surface area contributed by atoms with E-state index in [0.29, 0.717) is 12.1 Å². The number of anilines is 1. The molecule has 6 heteroatoms. The summed E-state index contributed by atoms with van der Waals surface area (Å²) in [5.74, 6) is 0. The topological polar surface area (TPSA) is 99.2 Å². The average molecular weight is 261 g/mol. The predicted molar refractivity (Wildman–Crippen MR) is 69.6 cm³/mol. The second-order valence-electron chi connectivity index (χ2n) is 5.37. The van der Waals surface area contributed by atoms with Crippen molar-refractivity contribution in [3.8, 4) is 6.07 Å². The van der Waals surface area contributed by atoms with Crippen molar-refractivity contribution in [1.82, 2.24) is 0 Å². The molecule has 2 N–H and O–H groups in total. The van der Waals surface area contributed by atoms with Gasteiger partial charge in [0.15, 0.2) is 0 Å². The molecule has 0 aromatic heterocycles. The fourth-order valence-electron chi connectivity index (χ4n) is 2.21. The normalized spacial score (nSPS) is 24.1. The van der Waals surface area contributed by atoms with E-state index in [1.165, 1.54) is 18.2 Å². The van der Waals surface area contributed by atoms with Crippen LogP contribution in [0.25, 0.3) is 0 Å². The van der Waals surface area contributed by atoms with Gasteiger partial charge >= 0.3 is 0 Å². The summed E-state index contributed by atoms with van der Waals surface area (Å²) in [4.78, 5) is 10.5. The maximum absolute atomic E-state index is 11.0. The van der Waals surface area contributed by atoms with E-state index < -0.39 is 11.0 Å². The van der Waals surface area contributed by atoms with E-state index in [2.05, 4.69) is 5.32 Å². The molecule has 19 heavy (non-hydrogen) atoms. The highest BCUT2D eigenvalue weighted by molar-refractivity contribution is 5.64. The molecule has 2 unspecified atom stereocenters. The summed E-state index contributed by atoms with van der Waals surface area (Å²) in [7, 11) is 0. The number of nitro benzene ring substituents is 1. The molecule has 1 aliphatic carbocycles. The van der Waals surface area contributed by atoms with E-state index in [4.69, 9.17) is 5.26 Å². The molecule has 6 nitrogen and oxygen atoms in total. The zero-order valence-electron chi connectivity index (χ0n) is 10.8. The first-order valence-electron chi connectivity index (χ1n) is 5.99. The number of nitriles is 1. The summed E-state index contributed by atoms with van der Waals surface area (Å²) < 4.78 is 0. The molecular formula is C13H15N3O3. The van der Waals surface area contributed by atoms with Crippen LogP contribution < -0.4 is 5.32 Å². The van der Waals surface area contributed by atoms with E-state index in [1.54, 1.807) is 0 Å². The first-order valence-corrected chi connectivity index (χ1v) is 5.99. The fraction of sp³-hybridized carbons (Fsp3) is 0.462. The summed E-state index contributed by atoms with van der Waals surface area (Å²) in [6.45, 7) is 3.82. The van der Waals surface area contributed by atoms with Crippen molar-refractivity contribution in [2.75, 3.05) is 5.32 Å². The Morgan fingerprint density at radius 2 is 2.26 bits per heavy atom. The Kier molecular flexibility index (Phi) is 3.16. The number of nitrogens with zero attached hydrogens (tertiary/aromatic N) is 2. The molecule has 0 heterocycles. The lowest BCUT2D eigenvalue weighted by molar-refractivity contribution is -0.384. The average Bonchev–Trinajstić information content (AvgIpc) is 2.38. The molecule has 1 fully saturated rings. The van der Waals surface area contributed by atoms with Gasteiger partial charge < -0.3 is 10.4 Å². The van der Waals surface area contributed by atoms with Gasteiger partial charge in [0.05, 0.1) is 22.7 Å². The Morgan fingerprint density at radius 1 is 1.58 bits per heavy atom. The van der Waals surface area contributed by atoms with E-state index in [9.17, 15) is 15.2 Å². The Morgan fingerprint density at radius 3 is 2.74 bits per heavy atom. The van der Waals surface area contributed by atoms with Crippen LogP contribution in [-0.4, -0.2) is 22.2 Å². The Labute approximate surface area is 110 Å². The van der Waals surface area contributed by atoms with Crippen molar-refractivity contribution >= 4 is 11.4 Å². The number of benzene rings is 1. The number of hydrogen-bond acceptors (Lipinski definition) is 5. The van der Waals surface area contributed by atoms with Crippen LogP contribution in [0.2, 0.25) is 0 Å². The van der Waals surface area contributed by atoms with Crippen LogP contribution in [0.3, 0.4) is 0 Å². The van der Waals surface area contributed by atoms with Crippen molar-refractivity contribution in [2.45, 2.75) is 32.4 Å². The SMILES string of the molecule is CC1(C)C(O)CC1Nc1ccc(C#N)cc1[N+](=O)[O-]. The van der Waals surface area contributed by atoms with Gasteiger partial charge in [0, 0.05) is 17.5 Å². The third-order valence-electron chi connectivity index (χ3n) is 3.87. The molecule has 0 radical (unpaired) electrons. The van der Waals surface area contributed by atoms with E-state index in [1.807, 2.05) is 19.9 Å². The second kappa shape index (κ2) is 4.52. The van der Waals surface area contributed by atoms with E-state index >= 15 is 0 Å². The van der Waals surface area contributed by atoms with Gasteiger partial charge in [-0.25, -0.2) is 0 Å². The molecule has 0 spiro atoms. The summed E-state index contributed by atoms with van der Waals surface area (Å²) >= 11 is 0. The molecule has 1 aliphatic rings. The molecule has 0 amide bonds. The number of hydrogen-bond donors (Lipinski definition) is 2. The largest absolute Gasteiger partial charge is 0.392 e. The van der Waals surface area contributed by atoms with Gasteiger partial charge in [-0.3, -0.25) is 10.1 Å². The van der Waals surface area contributed by atoms with Gasteiger partial charge in [-0.15, -0.1) is 0 Å². The molecule has 2 rings (SSSR count). The van der Waals surface area contributed by atoms with E-state index in [0.717, 1.165) is 0 Å². The van der Waals surface area contributed by atoms with Crippen LogP contribution in [0, 0.1) is 26.9 Å². The number of nitrogens with one attached hydrogen (secondary N) is 1. The lowest BCUT2D eigenvalue weighted by atomic mass is 9.64. The van der Waals surface area contributed by atoms with Crippen LogP contribution in [-0.2, 0) is 0 Å². The molecule has 1 aromatic rings. The Hall–Kier alpha value is -2.13. The number of aliphatic hydroxyl groups excluding tert-OH is 1. The molecule has 0 bridgehead atoms. The van der Waals surface area contributed by atoms with Crippen molar-refractivity contribution in [3.05, 3.63) is 33.9 Å². The minimum atomic E-state index is -0.509. The molecule has 2 atom stereocenters. The lowest BCUT2D eigenvalue weighted by Gasteiger charge is -2.49. The second-order valence-corrected chi connectivity index (χ2v) is 5.37. The standard InChI is InChI=1S/C13H15N3O3/c1-13(2)11(6-12(13)17)15-9-4-3-8(7-14)5-10(9)16(18)19/h3-5,11-12,15,17H,6H2,1-2H3. The quantitative estimate of drug-likeness (QED) is 0.640. The first-order chi connectivity index (χ1) is 8.86.